The summed E-state index contributed by atoms with van der Waals surface area (Å²) in [5.41, 5.74) is 0. The monoisotopic (exact) mass is 325 g/mol. The molecule has 120 valence electrons. The van der Waals surface area contributed by atoms with Gasteiger partial charge in [-0.3, -0.25) is 0 Å². The lowest BCUT2D eigenvalue weighted by atomic mass is 10.0. The summed E-state index contributed by atoms with van der Waals surface area (Å²) < 4.78 is 37.7. The number of carbonyl (C=O) groups excluding carboxylic acids is 1. The van der Waals surface area contributed by atoms with E-state index in [1.807, 2.05) is 0 Å². The van der Waals surface area contributed by atoms with E-state index in [-0.39, 0.29) is 22.5 Å². The number of carbonyl (C=O) groups is 1. The molecule has 22 heavy (non-hydrogen) atoms. The summed E-state index contributed by atoms with van der Waals surface area (Å²) in [5, 5.41) is 0. The summed E-state index contributed by atoms with van der Waals surface area (Å²) in [6.45, 7) is 1.54. The molecule has 3 fully saturated rings. The van der Waals surface area contributed by atoms with Gasteiger partial charge in [-0.15, -0.1) is 0 Å². The van der Waals surface area contributed by atoms with Crippen molar-refractivity contribution in [2.75, 3.05) is 7.11 Å². The van der Waals surface area contributed by atoms with Crippen LogP contribution >= 0.6 is 0 Å². The first-order chi connectivity index (χ1) is 10.4. The molecule has 3 aliphatic carbocycles. The SMILES string of the molecule is COC(=O)c1cc(S(=O)(=O)NC2[C@@H]3[C@H]4CC[C@@H](C4)[C@H]23)c(C)o1. The summed E-state index contributed by atoms with van der Waals surface area (Å²) in [7, 11) is -2.43. The predicted molar refractivity (Wildman–Crippen MR) is 76.7 cm³/mol. The lowest BCUT2D eigenvalue weighted by molar-refractivity contribution is 0.0563. The Kier molecular flexibility index (Phi) is 2.97. The number of sulfonamides is 1. The number of furan rings is 1. The third kappa shape index (κ3) is 1.95. The number of hydrogen-bond donors (Lipinski definition) is 1. The van der Waals surface area contributed by atoms with Gasteiger partial charge in [0.25, 0.3) is 0 Å². The Hall–Kier alpha value is -1.34. The highest BCUT2D eigenvalue weighted by atomic mass is 32.2. The summed E-state index contributed by atoms with van der Waals surface area (Å²) >= 11 is 0. The first-order valence-corrected chi connectivity index (χ1v) is 9.12. The molecule has 0 spiro atoms. The molecule has 0 radical (unpaired) electrons. The molecule has 1 unspecified atom stereocenters. The van der Waals surface area contributed by atoms with Gasteiger partial charge in [-0.2, -0.15) is 0 Å². The Bertz CT molecular complexity index is 721. The topological polar surface area (TPSA) is 85.6 Å². The van der Waals surface area contributed by atoms with Crippen LogP contribution in [0.25, 0.3) is 0 Å². The average molecular weight is 325 g/mol. The first kappa shape index (κ1) is 14.3. The van der Waals surface area contributed by atoms with E-state index >= 15 is 0 Å². The zero-order chi connectivity index (χ0) is 15.6. The Morgan fingerprint density at radius 1 is 1.32 bits per heavy atom. The van der Waals surface area contributed by atoms with Crippen molar-refractivity contribution < 1.29 is 22.4 Å². The fraction of sp³-hybridized carbons (Fsp3) is 0.667. The molecule has 7 heteroatoms. The quantitative estimate of drug-likeness (QED) is 0.852. The van der Waals surface area contributed by atoms with Crippen molar-refractivity contribution in [2.45, 2.75) is 37.1 Å². The van der Waals surface area contributed by atoms with Crippen molar-refractivity contribution in [3.63, 3.8) is 0 Å². The fourth-order valence-electron chi connectivity index (χ4n) is 4.66. The van der Waals surface area contributed by atoms with E-state index in [0.717, 1.165) is 0 Å². The highest BCUT2D eigenvalue weighted by molar-refractivity contribution is 7.89. The number of methoxy groups -OCH3 is 1. The number of esters is 1. The molecule has 3 aliphatic rings. The zero-order valence-electron chi connectivity index (χ0n) is 12.5. The molecule has 0 aliphatic heterocycles. The van der Waals surface area contributed by atoms with Gasteiger partial charge in [-0.25, -0.2) is 17.9 Å². The van der Waals surface area contributed by atoms with E-state index in [0.29, 0.717) is 23.7 Å². The van der Waals surface area contributed by atoms with Crippen molar-refractivity contribution in [1.29, 1.82) is 0 Å². The Morgan fingerprint density at radius 3 is 2.55 bits per heavy atom. The summed E-state index contributed by atoms with van der Waals surface area (Å²) in [6, 6.07) is 1.31. The summed E-state index contributed by atoms with van der Waals surface area (Å²) in [6.07, 6.45) is 3.74. The van der Waals surface area contributed by atoms with Gasteiger partial charge in [0, 0.05) is 12.1 Å². The molecule has 6 nitrogen and oxygen atoms in total. The maximum atomic E-state index is 12.6. The van der Waals surface area contributed by atoms with E-state index in [1.54, 1.807) is 6.92 Å². The molecule has 3 saturated carbocycles. The number of rotatable bonds is 4. The van der Waals surface area contributed by atoms with Gasteiger partial charge in [0.15, 0.2) is 0 Å². The third-order valence-electron chi connectivity index (χ3n) is 5.57. The second kappa shape index (κ2) is 4.58. The Morgan fingerprint density at radius 2 is 1.95 bits per heavy atom. The molecular weight excluding hydrogens is 306 g/mol. The molecule has 2 bridgehead atoms. The van der Waals surface area contributed by atoms with Gasteiger partial charge in [0.2, 0.25) is 15.8 Å². The van der Waals surface area contributed by atoms with Crippen molar-refractivity contribution in [1.82, 2.24) is 4.72 Å². The van der Waals surface area contributed by atoms with Crippen LogP contribution in [-0.4, -0.2) is 27.5 Å². The second-order valence-electron chi connectivity index (χ2n) is 6.66. The highest BCUT2D eigenvalue weighted by Gasteiger charge is 2.65. The number of ether oxygens (including phenoxy) is 1. The van der Waals surface area contributed by atoms with E-state index in [1.165, 1.54) is 32.4 Å². The van der Waals surface area contributed by atoms with Gasteiger partial charge < -0.3 is 9.15 Å². The van der Waals surface area contributed by atoms with Gasteiger partial charge >= 0.3 is 5.97 Å². The largest absolute Gasteiger partial charge is 0.463 e. The number of nitrogens with one attached hydrogen (secondary N) is 1. The minimum absolute atomic E-state index is 0.0326. The molecular formula is C15H19NO5S. The van der Waals surface area contributed by atoms with Crippen LogP contribution in [0.5, 0.6) is 0 Å². The number of aryl methyl sites for hydroxylation is 1. The molecule has 1 N–H and O–H groups in total. The minimum atomic E-state index is -3.66. The van der Waals surface area contributed by atoms with Gasteiger partial charge in [0.1, 0.15) is 10.7 Å². The van der Waals surface area contributed by atoms with Crippen molar-refractivity contribution >= 4 is 16.0 Å². The molecule has 4 rings (SSSR count). The van der Waals surface area contributed by atoms with Crippen LogP contribution in [0.4, 0.5) is 0 Å². The minimum Gasteiger partial charge on any atom is -0.463 e. The molecule has 5 atom stereocenters. The lowest BCUT2D eigenvalue weighted by Crippen LogP contribution is -2.30. The van der Waals surface area contributed by atoms with Crippen LogP contribution in [0.2, 0.25) is 0 Å². The van der Waals surface area contributed by atoms with Gasteiger partial charge in [0.05, 0.1) is 7.11 Å². The molecule has 1 aromatic rings. The summed E-state index contributed by atoms with van der Waals surface area (Å²) in [5.74, 6) is 1.86. The zero-order valence-corrected chi connectivity index (χ0v) is 13.4. The van der Waals surface area contributed by atoms with Gasteiger partial charge in [-0.05, 0) is 49.9 Å². The van der Waals surface area contributed by atoms with Crippen LogP contribution < -0.4 is 4.72 Å². The van der Waals surface area contributed by atoms with Crippen LogP contribution in [0.15, 0.2) is 15.4 Å². The van der Waals surface area contributed by atoms with E-state index in [9.17, 15) is 13.2 Å². The Labute approximate surface area is 129 Å². The van der Waals surface area contributed by atoms with Crippen LogP contribution in [0.1, 0.15) is 35.6 Å². The number of hydrogen-bond acceptors (Lipinski definition) is 5. The fourth-order valence-corrected chi connectivity index (χ4v) is 6.14. The number of fused-ring (bicyclic) bond motifs is 5. The van der Waals surface area contributed by atoms with E-state index < -0.39 is 16.0 Å². The van der Waals surface area contributed by atoms with Crippen molar-refractivity contribution in [3.05, 3.63) is 17.6 Å². The summed E-state index contributed by atoms with van der Waals surface area (Å²) in [4.78, 5) is 11.5. The highest BCUT2D eigenvalue weighted by Crippen LogP contribution is 2.65. The Balaban J connectivity index is 1.55. The molecule has 1 heterocycles. The third-order valence-corrected chi connectivity index (χ3v) is 7.14. The van der Waals surface area contributed by atoms with Crippen LogP contribution in [0.3, 0.4) is 0 Å². The van der Waals surface area contributed by atoms with Crippen molar-refractivity contribution in [2.24, 2.45) is 23.7 Å². The predicted octanol–water partition coefficient (Wildman–Crippen LogP) is 1.70. The maximum Gasteiger partial charge on any atom is 0.373 e. The lowest BCUT2D eigenvalue weighted by Gasteiger charge is -2.10. The normalized spacial score (nSPS) is 35.5. The molecule has 0 amide bonds. The van der Waals surface area contributed by atoms with Crippen LogP contribution in [0, 0.1) is 30.6 Å². The molecule has 0 saturated heterocycles. The van der Waals surface area contributed by atoms with Crippen molar-refractivity contribution in [3.8, 4) is 0 Å². The van der Waals surface area contributed by atoms with E-state index in [2.05, 4.69) is 9.46 Å². The average Bonchev–Trinajstić information content (AvgIpc) is 2.89. The van der Waals surface area contributed by atoms with Crippen LogP contribution in [-0.2, 0) is 14.8 Å². The maximum absolute atomic E-state index is 12.6. The molecule has 0 aromatic carbocycles. The first-order valence-electron chi connectivity index (χ1n) is 7.63. The smallest absolute Gasteiger partial charge is 0.373 e. The van der Waals surface area contributed by atoms with E-state index in [4.69, 9.17) is 4.42 Å². The second-order valence-corrected chi connectivity index (χ2v) is 8.34. The molecule has 1 aromatic heterocycles. The van der Waals surface area contributed by atoms with Gasteiger partial charge in [-0.1, -0.05) is 0 Å². The standard InChI is InChI=1S/C15H19NO5S/c1-7-11(6-10(21-7)15(17)20-2)22(18,19)16-14-12-8-3-4-9(5-8)13(12)14/h6,8-9,12-14,16H,3-5H2,1-2H3/t8-,9-,12-,13+,14?/m0/s1.